The highest BCUT2D eigenvalue weighted by Gasteiger charge is 2.56. The molecule has 2 aliphatic rings. The predicted molar refractivity (Wildman–Crippen MR) is 121 cm³/mol. The number of aromatic hydroxyl groups is 1. The second-order valence-electron chi connectivity index (χ2n) is 9.49. The van der Waals surface area contributed by atoms with E-state index in [-0.39, 0.29) is 46.4 Å². The first kappa shape index (κ1) is 24.3. The lowest BCUT2D eigenvalue weighted by Crippen LogP contribution is -2.50. The summed E-state index contributed by atoms with van der Waals surface area (Å²) in [7, 11) is 3.51. The van der Waals surface area contributed by atoms with Gasteiger partial charge in [0.25, 0.3) is 11.5 Å². The monoisotopic (exact) mass is 510 g/mol. The maximum atomic E-state index is 14.3. The van der Waals surface area contributed by atoms with Crippen molar-refractivity contribution in [3.8, 4) is 17.0 Å². The third-order valence-electron chi connectivity index (χ3n) is 7.23. The quantitative estimate of drug-likeness (QED) is 0.539. The van der Waals surface area contributed by atoms with Gasteiger partial charge in [-0.05, 0) is 44.2 Å². The number of hydrogen-bond donors (Lipinski definition) is 1. The molecule has 3 aromatic rings. The van der Waals surface area contributed by atoms with Crippen molar-refractivity contribution in [2.75, 3.05) is 19.0 Å². The lowest BCUT2D eigenvalue weighted by atomic mass is 9.96. The number of nitrogens with zero attached hydrogens (tertiary/aromatic N) is 6. The highest BCUT2D eigenvalue weighted by molar-refractivity contribution is 5.86. The third-order valence-corrected chi connectivity index (χ3v) is 7.23. The van der Waals surface area contributed by atoms with Gasteiger partial charge in [-0.15, -0.1) is 10.2 Å². The van der Waals surface area contributed by atoms with Crippen LogP contribution >= 0.6 is 0 Å². The van der Waals surface area contributed by atoms with Gasteiger partial charge >= 0.3 is 6.18 Å². The number of aromatic nitrogens is 4. The number of anilines is 1. The average Bonchev–Trinajstić information content (AvgIpc) is 2.92. The highest BCUT2D eigenvalue weighted by atomic mass is 19.4. The lowest BCUT2D eigenvalue weighted by molar-refractivity contribution is -0.141. The van der Waals surface area contributed by atoms with Gasteiger partial charge in [-0.2, -0.15) is 13.2 Å². The first-order valence-electron chi connectivity index (χ1n) is 11.3. The third kappa shape index (κ3) is 4.25. The van der Waals surface area contributed by atoms with Crippen molar-refractivity contribution in [1.82, 2.24) is 24.6 Å². The lowest BCUT2D eigenvalue weighted by Gasteiger charge is -2.40. The Bertz CT molecular complexity index is 1360. The smallest absolute Gasteiger partial charge is 0.406 e. The molecule has 192 valence electrons. The first-order chi connectivity index (χ1) is 16.8. The Labute approximate surface area is 202 Å². The Hall–Kier alpha value is -3.35. The van der Waals surface area contributed by atoms with E-state index >= 15 is 0 Å². The molecule has 36 heavy (non-hydrogen) atoms. The fourth-order valence-corrected chi connectivity index (χ4v) is 5.27. The molecule has 0 saturated carbocycles. The molecule has 0 aliphatic carbocycles. The van der Waals surface area contributed by atoms with E-state index < -0.39 is 30.2 Å². The van der Waals surface area contributed by atoms with E-state index in [1.165, 1.54) is 6.07 Å². The van der Waals surface area contributed by atoms with Crippen LogP contribution in [-0.4, -0.2) is 74.1 Å². The number of alkyl halides is 5. The van der Waals surface area contributed by atoms with E-state index in [9.17, 15) is 31.9 Å². The van der Waals surface area contributed by atoms with Crippen molar-refractivity contribution in [1.29, 1.82) is 0 Å². The Morgan fingerprint density at radius 1 is 1.19 bits per heavy atom. The number of piperidine rings is 1. The second kappa shape index (κ2) is 8.36. The van der Waals surface area contributed by atoms with E-state index in [1.807, 2.05) is 4.90 Å². The molecule has 0 amide bonds. The Balaban J connectivity index is 1.39. The summed E-state index contributed by atoms with van der Waals surface area (Å²) in [6.45, 7) is -1.49. The molecule has 5 rings (SSSR count). The van der Waals surface area contributed by atoms with Gasteiger partial charge in [0.05, 0.1) is 29.0 Å². The topological polar surface area (TPSA) is 87.4 Å². The zero-order valence-electron chi connectivity index (χ0n) is 19.4. The minimum Gasteiger partial charge on any atom is -0.507 e. The molecule has 3 atom stereocenters. The number of hydrogen-bond acceptors (Lipinski definition) is 7. The number of rotatable bonds is 4. The molecule has 13 heteroatoms. The molecule has 0 spiro atoms. The van der Waals surface area contributed by atoms with Gasteiger partial charge in [0.2, 0.25) is 0 Å². The van der Waals surface area contributed by atoms with Gasteiger partial charge in [-0.25, -0.2) is 13.8 Å². The number of fused-ring (bicyclic) bond motifs is 3. The van der Waals surface area contributed by atoms with Crippen molar-refractivity contribution >= 4 is 16.7 Å². The van der Waals surface area contributed by atoms with Crippen molar-refractivity contribution in [2.24, 2.45) is 0 Å². The molecule has 2 bridgehead atoms. The zero-order chi connectivity index (χ0) is 26.0. The van der Waals surface area contributed by atoms with Crippen molar-refractivity contribution < 1.29 is 27.1 Å². The van der Waals surface area contributed by atoms with Crippen molar-refractivity contribution in [3.63, 3.8) is 0 Å². The van der Waals surface area contributed by atoms with Crippen LogP contribution in [-0.2, 0) is 6.54 Å². The number of phenolic OH excluding ortho intramolecular Hbond substituents is 1. The number of phenols is 1. The molecular formula is C23H23F5N6O2. The van der Waals surface area contributed by atoms with Crippen molar-refractivity contribution in [2.45, 2.75) is 56.0 Å². The van der Waals surface area contributed by atoms with E-state index in [2.05, 4.69) is 15.2 Å². The van der Waals surface area contributed by atoms with E-state index in [1.54, 1.807) is 31.1 Å². The Morgan fingerprint density at radius 2 is 1.94 bits per heavy atom. The Kier molecular flexibility index (Phi) is 5.65. The molecule has 4 heterocycles. The number of benzene rings is 1. The van der Waals surface area contributed by atoms with Gasteiger partial charge in [0, 0.05) is 31.1 Å². The number of halogens is 5. The van der Waals surface area contributed by atoms with Crippen LogP contribution in [0, 0.1) is 0 Å². The van der Waals surface area contributed by atoms with Crippen LogP contribution < -0.4 is 10.5 Å². The highest BCUT2D eigenvalue weighted by Crippen LogP contribution is 2.46. The molecule has 2 saturated heterocycles. The van der Waals surface area contributed by atoms with E-state index in [0.29, 0.717) is 23.2 Å². The summed E-state index contributed by atoms with van der Waals surface area (Å²) >= 11 is 0. The first-order valence-corrected chi connectivity index (χ1v) is 11.3. The fraction of sp³-hybridized carbons (Fsp3) is 0.478. The normalized spacial score (nSPS) is 23.8. The molecule has 0 unspecified atom stereocenters. The van der Waals surface area contributed by atoms with E-state index in [4.69, 9.17) is 0 Å². The van der Waals surface area contributed by atoms with Crippen LogP contribution in [0.25, 0.3) is 22.2 Å². The maximum Gasteiger partial charge on any atom is 0.406 e. The molecule has 1 aromatic carbocycles. The summed E-state index contributed by atoms with van der Waals surface area (Å²) in [6.07, 6.45) is -3.07. The van der Waals surface area contributed by atoms with Gasteiger partial charge in [0.15, 0.2) is 5.82 Å². The standard InChI is InChI=1S/C23H23F5N6O2/c1-32-13-5-12(6-19(32)22(24,25)9-13)33(2)20-4-3-16(30-31-20)14-7-17-15(8-18(14)35)21(36)34(11-29-17)10-23(26,27)28/h3-4,7-8,11-13,19,35H,5-6,9-10H2,1-2H3/t12-,13+,19-/m1/s1. The predicted octanol–water partition coefficient (Wildman–Crippen LogP) is 3.43. The summed E-state index contributed by atoms with van der Waals surface area (Å²) in [5.74, 6) is -2.61. The Morgan fingerprint density at radius 3 is 2.58 bits per heavy atom. The summed E-state index contributed by atoms with van der Waals surface area (Å²) in [4.78, 5) is 19.9. The molecule has 2 aliphatic heterocycles. The summed E-state index contributed by atoms with van der Waals surface area (Å²) < 4.78 is 67.1. The average molecular weight is 510 g/mol. The minimum absolute atomic E-state index is 0.0944. The van der Waals surface area contributed by atoms with E-state index in [0.717, 1.165) is 12.4 Å². The molecule has 2 fully saturated rings. The molecular weight excluding hydrogens is 487 g/mol. The minimum atomic E-state index is -4.60. The zero-order valence-corrected chi connectivity index (χ0v) is 19.4. The molecule has 8 nitrogen and oxygen atoms in total. The maximum absolute atomic E-state index is 14.3. The van der Waals surface area contributed by atoms with Crippen LogP contribution in [0.4, 0.5) is 27.8 Å². The molecule has 1 N–H and O–H groups in total. The fourth-order valence-electron chi connectivity index (χ4n) is 5.27. The summed E-state index contributed by atoms with van der Waals surface area (Å²) in [5, 5.41) is 18.7. The molecule has 0 radical (unpaired) electrons. The summed E-state index contributed by atoms with van der Waals surface area (Å²) in [5.41, 5.74) is -0.388. The SMILES string of the molecule is CN(c1ccc(-c2cc3ncn(CC(F)(F)F)c(=O)c3cc2O)nn1)[C@@H]1C[C@H]2CC(F)(F)[C@@H](C1)N2C. The van der Waals surface area contributed by atoms with Gasteiger partial charge in [-0.3, -0.25) is 14.3 Å². The van der Waals surface area contributed by atoms with Crippen LogP contribution in [0.3, 0.4) is 0 Å². The summed E-state index contributed by atoms with van der Waals surface area (Å²) in [6, 6.07) is 4.49. The van der Waals surface area contributed by atoms with Crippen LogP contribution in [0.5, 0.6) is 5.75 Å². The van der Waals surface area contributed by atoms with Gasteiger partial charge in [0.1, 0.15) is 12.3 Å². The van der Waals surface area contributed by atoms with Crippen LogP contribution in [0.15, 0.2) is 35.4 Å². The van der Waals surface area contributed by atoms with Crippen LogP contribution in [0.2, 0.25) is 0 Å². The van der Waals surface area contributed by atoms with Gasteiger partial charge < -0.3 is 10.0 Å². The molecule has 2 aromatic heterocycles. The van der Waals surface area contributed by atoms with Crippen molar-refractivity contribution in [3.05, 3.63) is 40.9 Å². The van der Waals surface area contributed by atoms with Gasteiger partial charge in [-0.1, -0.05) is 0 Å². The largest absolute Gasteiger partial charge is 0.507 e. The van der Waals surface area contributed by atoms with Crippen LogP contribution in [0.1, 0.15) is 19.3 Å². The second-order valence-corrected chi connectivity index (χ2v) is 9.49.